The molecule has 1 N–H and O–H groups in total. The Labute approximate surface area is 229 Å². The number of imidazole rings is 1. The third-order valence-electron chi connectivity index (χ3n) is 6.64. The lowest BCUT2D eigenvalue weighted by Gasteiger charge is -2.33. The molecule has 0 aliphatic carbocycles. The molecule has 1 amide bonds. The first-order valence-corrected chi connectivity index (χ1v) is 13.0. The number of hydrogen-bond acceptors (Lipinski definition) is 8. The maximum absolute atomic E-state index is 12.7. The summed E-state index contributed by atoms with van der Waals surface area (Å²) in [6.07, 6.45) is 5.38. The number of methoxy groups -OCH3 is 2. The summed E-state index contributed by atoms with van der Waals surface area (Å²) in [5, 5.41) is 11.7. The highest BCUT2D eigenvalue weighted by atomic mass is 16.5. The zero-order valence-corrected chi connectivity index (χ0v) is 22.9. The van der Waals surface area contributed by atoms with Crippen molar-refractivity contribution in [3.63, 3.8) is 0 Å². The number of hydrogen-bond donors (Lipinski definition) is 1. The molecule has 3 aromatic rings. The van der Waals surface area contributed by atoms with E-state index in [1.807, 2.05) is 60.2 Å². The Kier molecular flexibility index (Phi) is 9.80. The molecular formula is C29H38N4O6. The molecule has 39 heavy (non-hydrogen) atoms. The fourth-order valence-corrected chi connectivity index (χ4v) is 4.62. The van der Waals surface area contributed by atoms with E-state index in [1.165, 1.54) is 7.11 Å². The van der Waals surface area contributed by atoms with Crippen LogP contribution in [0.15, 0.2) is 61.2 Å². The van der Waals surface area contributed by atoms with E-state index in [0.717, 1.165) is 11.1 Å². The number of carbonyl (C=O) groups excluding carboxylic acids is 1. The molecule has 1 aliphatic rings. The Bertz CT molecular complexity index is 1190. The number of carbonyl (C=O) groups is 1. The summed E-state index contributed by atoms with van der Waals surface area (Å²) in [7, 11) is 3.11. The SMILES string of the molecule is COCC(=O)N1CCN(Cc2ccc(OCCn3ccnc3)c(OC)c2)CC(O)(COc2ccc(C)cc2)C1. The number of β-amino-alcohol motifs (C(OH)–C–C–N with tert-alkyl or cyclic N) is 1. The van der Waals surface area contributed by atoms with Gasteiger partial charge in [-0.15, -0.1) is 0 Å². The van der Waals surface area contributed by atoms with Gasteiger partial charge in [0.1, 0.15) is 31.2 Å². The second-order valence-corrected chi connectivity index (χ2v) is 9.92. The minimum atomic E-state index is -1.27. The molecule has 210 valence electrons. The van der Waals surface area contributed by atoms with Crippen molar-refractivity contribution in [3.8, 4) is 17.2 Å². The zero-order valence-electron chi connectivity index (χ0n) is 22.9. The molecular weight excluding hydrogens is 500 g/mol. The van der Waals surface area contributed by atoms with Gasteiger partial charge < -0.3 is 33.5 Å². The highest BCUT2D eigenvalue weighted by Gasteiger charge is 2.37. The van der Waals surface area contributed by atoms with Crippen LogP contribution in [0, 0.1) is 6.92 Å². The van der Waals surface area contributed by atoms with Crippen molar-refractivity contribution in [1.82, 2.24) is 19.4 Å². The molecule has 0 saturated carbocycles. The molecule has 10 heteroatoms. The van der Waals surface area contributed by atoms with Gasteiger partial charge >= 0.3 is 0 Å². The summed E-state index contributed by atoms with van der Waals surface area (Å²) in [4.78, 5) is 20.5. The van der Waals surface area contributed by atoms with Gasteiger partial charge in [0.25, 0.3) is 0 Å². The number of aromatic nitrogens is 2. The maximum Gasteiger partial charge on any atom is 0.248 e. The fourth-order valence-electron chi connectivity index (χ4n) is 4.62. The van der Waals surface area contributed by atoms with Gasteiger partial charge in [-0.25, -0.2) is 4.98 Å². The standard InChI is InChI=1S/C29H38N4O6/c1-23-4-7-25(8-5-23)39-21-29(35)19-32(12-13-33(20-29)28(34)18-36-2)17-24-6-9-26(27(16-24)37-3)38-15-14-31-11-10-30-22-31/h4-11,16,22,35H,12-15,17-21H2,1-3H3. The van der Waals surface area contributed by atoms with Crippen molar-refractivity contribution < 1.29 is 28.8 Å². The number of aryl methyl sites for hydroxylation is 1. The molecule has 1 aliphatic heterocycles. The van der Waals surface area contributed by atoms with Crippen LogP contribution in [0.4, 0.5) is 0 Å². The smallest absolute Gasteiger partial charge is 0.248 e. The van der Waals surface area contributed by atoms with Crippen LogP contribution in [-0.4, -0.2) is 96.2 Å². The average Bonchev–Trinajstić information content (AvgIpc) is 3.39. The van der Waals surface area contributed by atoms with Gasteiger partial charge in [0.2, 0.25) is 5.91 Å². The lowest BCUT2D eigenvalue weighted by Crippen LogP contribution is -2.52. The number of amides is 1. The normalized spacial score (nSPS) is 18.0. The lowest BCUT2D eigenvalue weighted by atomic mass is 10.0. The highest BCUT2D eigenvalue weighted by molar-refractivity contribution is 5.77. The van der Waals surface area contributed by atoms with Crippen molar-refractivity contribution >= 4 is 5.91 Å². The van der Waals surface area contributed by atoms with Crippen LogP contribution < -0.4 is 14.2 Å². The van der Waals surface area contributed by atoms with Crippen LogP contribution in [0.5, 0.6) is 17.2 Å². The first-order valence-electron chi connectivity index (χ1n) is 13.0. The number of ether oxygens (including phenoxy) is 4. The second-order valence-electron chi connectivity index (χ2n) is 9.92. The zero-order chi connectivity index (χ0) is 27.7. The summed E-state index contributed by atoms with van der Waals surface area (Å²) < 4.78 is 24.5. The number of aliphatic hydroxyl groups is 1. The number of nitrogens with zero attached hydrogens (tertiary/aromatic N) is 4. The molecule has 1 saturated heterocycles. The molecule has 1 atom stereocenters. The second kappa shape index (κ2) is 13.5. The number of benzene rings is 2. The Morgan fingerprint density at radius 2 is 1.87 bits per heavy atom. The maximum atomic E-state index is 12.7. The van der Waals surface area contributed by atoms with Crippen LogP contribution >= 0.6 is 0 Å². The molecule has 1 aromatic heterocycles. The Balaban J connectivity index is 1.44. The van der Waals surface area contributed by atoms with Crippen molar-refractivity contribution in [2.24, 2.45) is 0 Å². The lowest BCUT2D eigenvalue weighted by molar-refractivity contribution is -0.138. The van der Waals surface area contributed by atoms with Crippen LogP contribution in [0.2, 0.25) is 0 Å². The third-order valence-corrected chi connectivity index (χ3v) is 6.64. The molecule has 1 fully saturated rings. The van der Waals surface area contributed by atoms with Crippen molar-refractivity contribution in [2.75, 3.05) is 60.2 Å². The van der Waals surface area contributed by atoms with Gasteiger partial charge in [-0.05, 0) is 36.8 Å². The van der Waals surface area contributed by atoms with Crippen LogP contribution in [-0.2, 0) is 22.6 Å². The van der Waals surface area contributed by atoms with E-state index in [9.17, 15) is 9.90 Å². The molecule has 4 rings (SSSR count). The summed E-state index contributed by atoms with van der Waals surface area (Å²) >= 11 is 0. The summed E-state index contributed by atoms with van der Waals surface area (Å²) in [5.41, 5.74) is 0.862. The van der Waals surface area contributed by atoms with Gasteiger partial charge in [0.05, 0.1) is 26.5 Å². The van der Waals surface area contributed by atoms with E-state index >= 15 is 0 Å². The van der Waals surface area contributed by atoms with Crippen LogP contribution in [0.25, 0.3) is 0 Å². The quantitative estimate of drug-likeness (QED) is 0.375. The van der Waals surface area contributed by atoms with Gasteiger partial charge in [0, 0.05) is 45.7 Å². The molecule has 2 heterocycles. The van der Waals surface area contributed by atoms with Crippen molar-refractivity contribution in [1.29, 1.82) is 0 Å². The van der Waals surface area contributed by atoms with E-state index in [-0.39, 0.29) is 25.7 Å². The molecule has 10 nitrogen and oxygen atoms in total. The predicted molar refractivity (Wildman–Crippen MR) is 146 cm³/mol. The monoisotopic (exact) mass is 538 g/mol. The van der Waals surface area contributed by atoms with Crippen molar-refractivity contribution in [3.05, 3.63) is 72.3 Å². The van der Waals surface area contributed by atoms with Gasteiger partial charge in [-0.2, -0.15) is 0 Å². The van der Waals surface area contributed by atoms with E-state index in [1.54, 1.807) is 24.5 Å². The van der Waals surface area contributed by atoms with Gasteiger partial charge in [0.15, 0.2) is 11.5 Å². The molecule has 0 radical (unpaired) electrons. The molecule has 0 bridgehead atoms. The Morgan fingerprint density at radius 3 is 2.59 bits per heavy atom. The Hall–Kier alpha value is -3.60. The largest absolute Gasteiger partial charge is 0.493 e. The van der Waals surface area contributed by atoms with Crippen molar-refractivity contribution in [2.45, 2.75) is 25.6 Å². The topological polar surface area (TPSA) is 98.5 Å². The molecule has 0 spiro atoms. The summed E-state index contributed by atoms with van der Waals surface area (Å²) in [6, 6.07) is 13.5. The van der Waals surface area contributed by atoms with Crippen LogP contribution in [0.3, 0.4) is 0 Å². The third kappa shape index (κ3) is 8.19. The predicted octanol–water partition coefficient (Wildman–Crippen LogP) is 2.38. The summed E-state index contributed by atoms with van der Waals surface area (Å²) in [5.74, 6) is 1.82. The average molecular weight is 539 g/mol. The van der Waals surface area contributed by atoms with E-state index in [4.69, 9.17) is 18.9 Å². The molecule has 2 aromatic carbocycles. The van der Waals surface area contributed by atoms with Gasteiger partial charge in [-0.1, -0.05) is 23.8 Å². The van der Waals surface area contributed by atoms with E-state index in [2.05, 4.69) is 9.88 Å². The first-order chi connectivity index (χ1) is 18.9. The van der Waals surface area contributed by atoms with Gasteiger partial charge in [-0.3, -0.25) is 9.69 Å². The molecule has 1 unspecified atom stereocenters. The Morgan fingerprint density at radius 1 is 1.05 bits per heavy atom. The number of rotatable bonds is 12. The minimum Gasteiger partial charge on any atom is -0.493 e. The summed E-state index contributed by atoms with van der Waals surface area (Å²) in [6.45, 7) is 5.31. The minimum absolute atomic E-state index is 0.0333. The first kappa shape index (κ1) is 28.4. The highest BCUT2D eigenvalue weighted by Crippen LogP contribution is 2.29. The van der Waals surface area contributed by atoms with E-state index < -0.39 is 5.60 Å². The fraction of sp³-hybridized carbons (Fsp3) is 0.448. The van der Waals surface area contributed by atoms with Crippen LogP contribution in [0.1, 0.15) is 11.1 Å². The van der Waals surface area contributed by atoms with E-state index in [0.29, 0.717) is 56.6 Å².